The Hall–Kier alpha value is -3.23. The number of alkyl halides is 5. The van der Waals surface area contributed by atoms with E-state index in [2.05, 4.69) is 11.3 Å². The number of hydrogen-bond donors (Lipinski definition) is 0. The molecule has 3 aromatic carbocycles. The Morgan fingerprint density at radius 2 is 1.59 bits per heavy atom. The summed E-state index contributed by atoms with van der Waals surface area (Å²) in [5, 5.41) is -0.502. The first-order chi connectivity index (χ1) is 15.0. The summed E-state index contributed by atoms with van der Waals surface area (Å²) in [5.41, 5.74) is 0.415. The predicted octanol–water partition coefficient (Wildman–Crippen LogP) is 7.31. The summed E-state index contributed by atoms with van der Waals surface area (Å²) in [7, 11) is 0. The van der Waals surface area contributed by atoms with Gasteiger partial charge in [0.1, 0.15) is 5.75 Å². The first kappa shape index (κ1) is 23.4. The second-order valence-corrected chi connectivity index (χ2v) is 6.93. The first-order valence-electron chi connectivity index (χ1n) is 9.38. The third-order valence-corrected chi connectivity index (χ3v) is 4.51. The molecule has 0 fully saturated rings. The molecule has 0 aliphatic heterocycles. The van der Waals surface area contributed by atoms with Gasteiger partial charge in [0.05, 0.1) is 5.56 Å². The molecule has 0 heterocycles. The zero-order chi connectivity index (χ0) is 23.5. The largest absolute Gasteiger partial charge is 0.478 e. The summed E-state index contributed by atoms with van der Waals surface area (Å²) >= 11 is 0. The van der Waals surface area contributed by atoms with Gasteiger partial charge in [-0.25, -0.2) is 8.78 Å². The number of fused-ring (bicyclic) bond motifs is 1. The fraction of sp³-hybridized carbons (Fsp3) is 0.217. The molecule has 170 valence electrons. The van der Waals surface area contributed by atoms with Crippen molar-refractivity contribution in [2.45, 2.75) is 25.1 Å². The van der Waals surface area contributed by atoms with Gasteiger partial charge in [-0.05, 0) is 60.2 Å². The summed E-state index contributed by atoms with van der Waals surface area (Å²) in [5.74, 6) is -4.37. The Balaban J connectivity index is 1.84. The van der Waals surface area contributed by atoms with Crippen molar-refractivity contribution >= 4 is 10.8 Å². The standard InChI is InChI=1S/C23H17F7O2/c1-2-3-4-14-5-7-16(8-6-14)23(29,30)32-17-9-10-18-15(11-17)12-19(24)21(20(18)25)31-13-22(26,27)28/h2,5-12H,1,3-4,13H2. The molecule has 0 aliphatic rings. The highest BCUT2D eigenvalue weighted by molar-refractivity contribution is 5.86. The third kappa shape index (κ3) is 5.52. The molecule has 0 spiro atoms. The summed E-state index contributed by atoms with van der Waals surface area (Å²) in [6, 6.07) is 9.13. The SMILES string of the molecule is C=CCCc1ccc(C(F)(F)Oc2ccc3c(F)c(OCC(F)(F)F)c(F)cc3c2)cc1. The number of hydrogen-bond acceptors (Lipinski definition) is 2. The highest BCUT2D eigenvalue weighted by Gasteiger charge is 2.35. The molecular weight excluding hydrogens is 441 g/mol. The van der Waals surface area contributed by atoms with Crippen LogP contribution >= 0.6 is 0 Å². The molecule has 0 amide bonds. The lowest BCUT2D eigenvalue weighted by molar-refractivity contribution is -0.185. The maximum absolute atomic E-state index is 14.5. The van der Waals surface area contributed by atoms with Crippen LogP contribution in [-0.2, 0) is 12.5 Å². The molecule has 32 heavy (non-hydrogen) atoms. The summed E-state index contributed by atoms with van der Waals surface area (Å²) in [4.78, 5) is 0. The van der Waals surface area contributed by atoms with Crippen LogP contribution in [0.15, 0.2) is 61.2 Å². The van der Waals surface area contributed by atoms with Crippen molar-refractivity contribution in [3.63, 3.8) is 0 Å². The fourth-order valence-electron chi connectivity index (χ4n) is 2.98. The average Bonchev–Trinajstić information content (AvgIpc) is 2.71. The predicted molar refractivity (Wildman–Crippen MR) is 105 cm³/mol. The van der Waals surface area contributed by atoms with E-state index in [0.29, 0.717) is 18.9 Å². The molecule has 0 bridgehead atoms. The van der Waals surface area contributed by atoms with Gasteiger partial charge >= 0.3 is 12.3 Å². The maximum atomic E-state index is 14.5. The van der Waals surface area contributed by atoms with Crippen molar-refractivity contribution in [2.24, 2.45) is 0 Å². The van der Waals surface area contributed by atoms with Gasteiger partial charge in [0.25, 0.3) is 0 Å². The van der Waals surface area contributed by atoms with Crippen LogP contribution in [0.4, 0.5) is 30.7 Å². The van der Waals surface area contributed by atoms with Gasteiger partial charge in [-0.3, -0.25) is 0 Å². The van der Waals surface area contributed by atoms with E-state index >= 15 is 0 Å². The van der Waals surface area contributed by atoms with Crippen molar-refractivity contribution < 1.29 is 40.2 Å². The number of rotatable bonds is 8. The molecule has 0 radical (unpaired) electrons. The molecule has 0 atom stereocenters. The van der Waals surface area contributed by atoms with Crippen molar-refractivity contribution in [1.29, 1.82) is 0 Å². The lowest BCUT2D eigenvalue weighted by Crippen LogP contribution is -2.21. The quantitative estimate of drug-likeness (QED) is 0.260. The van der Waals surface area contributed by atoms with Gasteiger partial charge in [-0.2, -0.15) is 22.0 Å². The Kier molecular flexibility index (Phi) is 6.66. The Morgan fingerprint density at radius 3 is 2.22 bits per heavy atom. The van der Waals surface area contributed by atoms with Crippen LogP contribution in [0.2, 0.25) is 0 Å². The highest BCUT2D eigenvalue weighted by atomic mass is 19.4. The van der Waals surface area contributed by atoms with E-state index in [1.807, 2.05) is 0 Å². The van der Waals surface area contributed by atoms with E-state index in [-0.39, 0.29) is 16.5 Å². The summed E-state index contributed by atoms with van der Waals surface area (Å²) in [6.45, 7) is 1.71. The zero-order valence-electron chi connectivity index (χ0n) is 16.5. The minimum Gasteiger partial charge on any atom is -0.478 e. The number of aryl methyl sites for hydroxylation is 1. The maximum Gasteiger partial charge on any atom is 0.426 e. The lowest BCUT2D eigenvalue weighted by atomic mass is 10.1. The molecule has 0 aromatic heterocycles. The monoisotopic (exact) mass is 458 g/mol. The molecule has 2 nitrogen and oxygen atoms in total. The summed E-state index contributed by atoms with van der Waals surface area (Å²) in [6.07, 6.45) is -5.48. The fourth-order valence-corrected chi connectivity index (χ4v) is 2.98. The van der Waals surface area contributed by atoms with Gasteiger partial charge in [0.2, 0.25) is 0 Å². The normalized spacial score (nSPS) is 12.1. The average molecular weight is 458 g/mol. The van der Waals surface area contributed by atoms with Crippen LogP contribution in [0.3, 0.4) is 0 Å². The van der Waals surface area contributed by atoms with Crippen molar-refractivity contribution in [2.75, 3.05) is 6.61 Å². The lowest BCUT2D eigenvalue weighted by Gasteiger charge is -2.19. The van der Waals surface area contributed by atoms with Crippen LogP contribution in [0, 0.1) is 11.6 Å². The van der Waals surface area contributed by atoms with Crippen LogP contribution in [0.25, 0.3) is 10.8 Å². The van der Waals surface area contributed by atoms with E-state index in [1.54, 1.807) is 6.08 Å². The molecule has 0 unspecified atom stereocenters. The third-order valence-electron chi connectivity index (χ3n) is 4.51. The molecule has 3 aromatic rings. The zero-order valence-corrected chi connectivity index (χ0v) is 16.5. The minimum atomic E-state index is -4.79. The smallest absolute Gasteiger partial charge is 0.426 e. The van der Waals surface area contributed by atoms with E-state index in [1.165, 1.54) is 24.3 Å². The van der Waals surface area contributed by atoms with Crippen LogP contribution in [-0.4, -0.2) is 12.8 Å². The Morgan fingerprint density at radius 1 is 0.906 bits per heavy atom. The number of benzene rings is 3. The molecule has 0 saturated heterocycles. The Labute approximate surface area is 178 Å². The van der Waals surface area contributed by atoms with Crippen molar-refractivity contribution in [3.05, 3.63) is 83.9 Å². The highest BCUT2D eigenvalue weighted by Crippen LogP contribution is 2.36. The first-order valence-corrected chi connectivity index (χ1v) is 9.38. The van der Waals surface area contributed by atoms with Gasteiger partial charge in [0.15, 0.2) is 24.0 Å². The van der Waals surface area contributed by atoms with Crippen molar-refractivity contribution in [1.82, 2.24) is 0 Å². The van der Waals surface area contributed by atoms with Crippen molar-refractivity contribution in [3.8, 4) is 11.5 Å². The number of allylic oxidation sites excluding steroid dienone is 1. The Bertz CT molecular complexity index is 1110. The number of ether oxygens (including phenoxy) is 2. The second kappa shape index (κ2) is 9.10. The number of halogens is 7. The second-order valence-electron chi connectivity index (χ2n) is 6.93. The molecular formula is C23H17F7O2. The van der Waals surface area contributed by atoms with Gasteiger partial charge in [0, 0.05) is 5.39 Å². The minimum absolute atomic E-state index is 0.188. The van der Waals surface area contributed by atoms with Crippen LogP contribution in [0.5, 0.6) is 11.5 Å². The molecule has 0 saturated carbocycles. The topological polar surface area (TPSA) is 18.5 Å². The molecule has 9 heteroatoms. The van der Waals surface area contributed by atoms with E-state index in [9.17, 15) is 30.7 Å². The van der Waals surface area contributed by atoms with Crippen LogP contribution < -0.4 is 9.47 Å². The van der Waals surface area contributed by atoms with Gasteiger partial charge in [-0.1, -0.05) is 18.2 Å². The van der Waals surface area contributed by atoms with Gasteiger partial charge < -0.3 is 9.47 Å². The van der Waals surface area contributed by atoms with Gasteiger partial charge in [-0.15, -0.1) is 6.58 Å². The molecule has 3 rings (SSSR count). The molecule has 0 aliphatic carbocycles. The summed E-state index contributed by atoms with van der Waals surface area (Å²) < 4.78 is 103. The van der Waals surface area contributed by atoms with E-state index in [0.717, 1.165) is 23.8 Å². The van der Waals surface area contributed by atoms with Crippen LogP contribution in [0.1, 0.15) is 17.5 Å². The molecule has 0 N–H and O–H groups in total. The van der Waals surface area contributed by atoms with E-state index < -0.39 is 41.8 Å². The van der Waals surface area contributed by atoms with E-state index in [4.69, 9.17) is 4.74 Å².